The Hall–Kier alpha value is -3.79. The Bertz CT molecular complexity index is 1320. The fourth-order valence-corrected chi connectivity index (χ4v) is 4.03. The number of hydrogen-bond donors (Lipinski definition) is 2. The largest absolute Gasteiger partial charge is 0.507 e. The summed E-state index contributed by atoms with van der Waals surface area (Å²) in [6, 6.07) is 19.0. The zero-order valence-corrected chi connectivity index (χ0v) is 18.7. The summed E-state index contributed by atoms with van der Waals surface area (Å²) in [4.78, 5) is 12.5. The fourth-order valence-electron chi connectivity index (χ4n) is 3.28. The number of phenols is 1. The Morgan fingerprint density at radius 3 is 2.38 bits per heavy atom. The Labute approximate surface area is 197 Å². The van der Waals surface area contributed by atoms with Crippen molar-refractivity contribution in [2.75, 3.05) is 11.1 Å². The van der Waals surface area contributed by atoms with E-state index in [9.17, 15) is 23.1 Å². The minimum absolute atomic E-state index is 0.0151. The van der Waals surface area contributed by atoms with E-state index in [1.54, 1.807) is 22.8 Å². The van der Waals surface area contributed by atoms with Crippen LogP contribution in [0.15, 0.2) is 78.0 Å². The molecule has 0 aliphatic rings. The van der Waals surface area contributed by atoms with E-state index in [0.717, 1.165) is 23.4 Å². The quantitative estimate of drug-likeness (QED) is 0.343. The third-order valence-corrected chi connectivity index (χ3v) is 5.84. The standard InChI is InChI=1S/C24H19F3N4O2S/c1-15-10-12-16(13-11-15)31-22(17-6-2-5-9-20(17)32)29-30-23(31)34-14-21(33)28-19-8-4-3-7-18(19)24(25,26)27/h2-13,32H,14H2,1H3,(H,28,33). The average molecular weight is 485 g/mol. The molecule has 4 aromatic rings. The molecule has 0 fully saturated rings. The van der Waals surface area contributed by atoms with Gasteiger partial charge in [0.15, 0.2) is 11.0 Å². The lowest BCUT2D eigenvalue weighted by molar-refractivity contribution is -0.137. The maximum atomic E-state index is 13.2. The molecule has 0 saturated heterocycles. The number of hydrogen-bond acceptors (Lipinski definition) is 5. The van der Waals surface area contributed by atoms with Crippen molar-refractivity contribution in [1.82, 2.24) is 14.8 Å². The van der Waals surface area contributed by atoms with Crippen LogP contribution in [0.4, 0.5) is 18.9 Å². The van der Waals surface area contributed by atoms with E-state index in [2.05, 4.69) is 15.5 Å². The predicted octanol–water partition coefficient (Wildman–Crippen LogP) is 5.70. The number of benzene rings is 3. The second kappa shape index (κ2) is 9.60. The number of nitrogens with one attached hydrogen (secondary N) is 1. The molecule has 10 heteroatoms. The summed E-state index contributed by atoms with van der Waals surface area (Å²) in [5.41, 5.74) is 0.969. The average Bonchev–Trinajstić information content (AvgIpc) is 3.22. The van der Waals surface area contributed by atoms with E-state index >= 15 is 0 Å². The Morgan fingerprint density at radius 1 is 1.00 bits per heavy atom. The van der Waals surface area contributed by atoms with Gasteiger partial charge in [-0.25, -0.2) is 0 Å². The van der Waals surface area contributed by atoms with Gasteiger partial charge in [-0.15, -0.1) is 10.2 Å². The third kappa shape index (κ3) is 5.07. The molecular formula is C24H19F3N4O2S. The second-order valence-electron chi connectivity index (χ2n) is 7.37. The highest BCUT2D eigenvalue weighted by Gasteiger charge is 2.33. The van der Waals surface area contributed by atoms with Crippen LogP contribution >= 0.6 is 11.8 Å². The van der Waals surface area contributed by atoms with Gasteiger partial charge in [0.2, 0.25) is 5.91 Å². The molecular weight excluding hydrogens is 465 g/mol. The number of phenolic OH excluding ortho intramolecular Hbond substituents is 1. The van der Waals surface area contributed by atoms with Gasteiger partial charge in [-0.05, 0) is 43.3 Å². The molecule has 4 rings (SSSR count). The van der Waals surface area contributed by atoms with Crippen molar-refractivity contribution < 1.29 is 23.1 Å². The first kappa shape index (κ1) is 23.4. The molecule has 0 aliphatic carbocycles. The summed E-state index contributed by atoms with van der Waals surface area (Å²) in [5.74, 6) is -0.436. The molecule has 0 aliphatic heterocycles. The van der Waals surface area contributed by atoms with Crippen molar-refractivity contribution in [3.8, 4) is 22.8 Å². The highest BCUT2D eigenvalue weighted by Crippen LogP contribution is 2.35. The van der Waals surface area contributed by atoms with Crippen LogP contribution < -0.4 is 5.32 Å². The Balaban J connectivity index is 1.61. The molecule has 1 heterocycles. The number of alkyl halides is 3. The van der Waals surface area contributed by atoms with Gasteiger partial charge >= 0.3 is 6.18 Å². The van der Waals surface area contributed by atoms with Crippen LogP contribution in [-0.4, -0.2) is 31.5 Å². The molecule has 0 unspecified atom stereocenters. The number of halogens is 3. The zero-order chi connectivity index (χ0) is 24.3. The van der Waals surface area contributed by atoms with Crippen LogP contribution in [-0.2, 0) is 11.0 Å². The number of aryl methyl sites for hydroxylation is 1. The molecule has 0 bridgehead atoms. The number of nitrogens with zero attached hydrogens (tertiary/aromatic N) is 3. The predicted molar refractivity (Wildman–Crippen MR) is 124 cm³/mol. The number of carbonyl (C=O) groups excluding carboxylic acids is 1. The van der Waals surface area contributed by atoms with Crippen LogP contribution in [0.3, 0.4) is 0 Å². The van der Waals surface area contributed by atoms with E-state index in [4.69, 9.17) is 0 Å². The molecule has 174 valence electrons. The van der Waals surface area contributed by atoms with Crippen LogP contribution in [0, 0.1) is 6.92 Å². The zero-order valence-electron chi connectivity index (χ0n) is 17.9. The van der Waals surface area contributed by atoms with Crippen LogP contribution in [0.25, 0.3) is 17.1 Å². The molecule has 1 amide bonds. The smallest absolute Gasteiger partial charge is 0.418 e. The summed E-state index contributed by atoms with van der Waals surface area (Å²) in [6.45, 7) is 1.94. The Kier molecular flexibility index (Phi) is 6.60. The number of thioether (sulfide) groups is 1. The minimum atomic E-state index is -4.59. The van der Waals surface area contributed by atoms with Crippen molar-refractivity contribution >= 4 is 23.4 Å². The molecule has 0 spiro atoms. The van der Waals surface area contributed by atoms with Gasteiger partial charge in [0.25, 0.3) is 0 Å². The highest BCUT2D eigenvalue weighted by atomic mass is 32.2. The first-order chi connectivity index (χ1) is 16.2. The molecule has 3 aromatic carbocycles. The second-order valence-corrected chi connectivity index (χ2v) is 8.32. The van der Waals surface area contributed by atoms with Crippen molar-refractivity contribution in [2.45, 2.75) is 18.3 Å². The SMILES string of the molecule is Cc1ccc(-n2c(SCC(=O)Nc3ccccc3C(F)(F)F)nnc2-c2ccccc2O)cc1. The highest BCUT2D eigenvalue weighted by molar-refractivity contribution is 7.99. The van der Waals surface area contributed by atoms with Gasteiger partial charge in [-0.1, -0.05) is 53.7 Å². The summed E-state index contributed by atoms with van der Waals surface area (Å²) >= 11 is 1.02. The number of carbonyl (C=O) groups is 1. The number of para-hydroxylation sites is 2. The minimum Gasteiger partial charge on any atom is -0.507 e. The fraction of sp³-hybridized carbons (Fsp3) is 0.125. The van der Waals surface area contributed by atoms with Crippen molar-refractivity contribution in [2.24, 2.45) is 0 Å². The molecule has 0 radical (unpaired) electrons. The molecule has 0 atom stereocenters. The van der Waals surface area contributed by atoms with Crippen LogP contribution in [0.1, 0.15) is 11.1 Å². The van der Waals surface area contributed by atoms with Crippen molar-refractivity contribution in [1.29, 1.82) is 0 Å². The summed E-state index contributed by atoms with van der Waals surface area (Å²) in [5, 5.41) is 21.4. The lowest BCUT2D eigenvalue weighted by atomic mass is 10.1. The summed E-state index contributed by atoms with van der Waals surface area (Å²) in [7, 11) is 0. The van der Waals surface area contributed by atoms with E-state index in [1.165, 1.54) is 24.3 Å². The number of aromatic hydroxyl groups is 1. The van der Waals surface area contributed by atoms with E-state index < -0.39 is 17.6 Å². The van der Waals surface area contributed by atoms with E-state index in [0.29, 0.717) is 22.2 Å². The first-order valence-electron chi connectivity index (χ1n) is 10.1. The number of amides is 1. The van der Waals surface area contributed by atoms with Gasteiger partial charge in [0.05, 0.1) is 22.6 Å². The van der Waals surface area contributed by atoms with Crippen molar-refractivity contribution in [3.63, 3.8) is 0 Å². The monoisotopic (exact) mass is 484 g/mol. The molecule has 1 aromatic heterocycles. The van der Waals surface area contributed by atoms with Crippen LogP contribution in [0.2, 0.25) is 0 Å². The maximum absolute atomic E-state index is 13.2. The van der Waals surface area contributed by atoms with Crippen molar-refractivity contribution in [3.05, 3.63) is 83.9 Å². The van der Waals surface area contributed by atoms with Gasteiger partial charge in [0, 0.05) is 5.69 Å². The van der Waals surface area contributed by atoms with Gasteiger partial charge in [-0.2, -0.15) is 13.2 Å². The number of aromatic nitrogens is 3. The third-order valence-electron chi connectivity index (χ3n) is 4.91. The topological polar surface area (TPSA) is 80.0 Å². The normalized spacial score (nSPS) is 11.4. The molecule has 0 saturated carbocycles. The van der Waals surface area contributed by atoms with E-state index in [-0.39, 0.29) is 17.2 Å². The first-order valence-corrected chi connectivity index (χ1v) is 11.1. The summed E-state index contributed by atoms with van der Waals surface area (Å²) in [6.07, 6.45) is -4.59. The number of rotatable bonds is 6. The summed E-state index contributed by atoms with van der Waals surface area (Å²) < 4.78 is 41.3. The number of anilines is 1. The van der Waals surface area contributed by atoms with Gasteiger partial charge < -0.3 is 10.4 Å². The molecule has 6 nitrogen and oxygen atoms in total. The lowest BCUT2D eigenvalue weighted by Gasteiger charge is -2.14. The van der Waals surface area contributed by atoms with Gasteiger partial charge in [-0.3, -0.25) is 9.36 Å². The molecule has 34 heavy (non-hydrogen) atoms. The maximum Gasteiger partial charge on any atom is 0.418 e. The van der Waals surface area contributed by atoms with E-state index in [1.807, 2.05) is 31.2 Å². The lowest BCUT2D eigenvalue weighted by Crippen LogP contribution is -2.18. The van der Waals surface area contributed by atoms with Crippen LogP contribution in [0.5, 0.6) is 5.75 Å². The Morgan fingerprint density at radius 2 is 1.68 bits per heavy atom. The van der Waals surface area contributed by atoms with Gasteiger partial charge in [0.1, 0.15) is 5.75 Å². The molecule has 2 N–H and O–H groups in total.